The molecule has 0 N–H and O–H groups in total. The number of fused-ring (bicyclic) bond motifs is 1. The van der Waals surface area contributed by atoms with Gasteiger partial charge in [0.05, 0.1) is 0 Å². The van der Waals surface area contributed by atoms with E-state index < -0.39 is 0 Å². The van der Waals surface area contributed by atoms with E-state index in [2.05, 4.69) is 50.1 Å². The summed E-state index contributed by atoms with van der Waals surface area (Å²) in [6.45, 7) is 4.15. The number of hydrogen-bond donors (Lipinski definition) is 0. The van der Waals surface area contributed by atoms with Gasteiger partial charge in [-0.15, -0.1) is 0 Å². The standard InChI is InChI=1S/C16H18N4/c1-2-6-14-11-20(10-13(14)5-1)16-9-15(17-12-18-16)19-7-3-4-8-19/h1-2,5-6,9,12H,3-4,7-8,10-11H2. The average Bonchev–Trinajstić information content (AvgIpc) is 3.16. The number of nitrogens with zero attached hydrogens (tertiary/aromatic N) is 4. The van der Waals surface area contributed by atoms with Crippen LogP contribution in [0.2, 0.25) is 0 Å². The Morgan fingerprint density at radius 3 is 2.05 bits per heavy atom. The summed E-state index contributed by atoms with van der Waals surface area (Å²) in [7, 11) is 0. The summed E-state index contributed by atoms with van der Waals surface area (Å²) in [5.41, 5.74) is 2.82. The van der Waals surface area contributed by atoms with Crippen molar-refractivity contribution in [3.63, 3.8) is 0 Å². The largest absolute Gasteiger partial charge is 0.356 e. The third-order valence-corrected chi connectivity index (χ3v) is 4.23. The van der Waals surface area contributed by atoms with Gasteiger partial charge in [0.1, 0.15) is 18.0 Å². The lowest BCUT2D eigenvalue weighted by molar-refractivity contribution is 0.843. The molecular formula is C16H18N4. The predicted octanol–water partition coefficient (Wildman–Crippen LogP) is 2.60. The Labute approximate surface area is 119 Å². The molecule has 0 atom stereocenters. The van der Waals surface area contributed by atoms with Gasteiger partial charge in [0.2, 0.25) is 0 Å². The first-order valence-electron chi connectivity index (χ1n) is 7.29. The van der Waals surface area contributed by atoms with Crippen molar-refractivity contribution < 1.29 is 0 Å². The summed E-state index contributed by atoms with van der Waals surface area (Å²) in [6.07, 6.45) is 4.24. The van der Waals surface area contributed by atoms with Crippen LogP contribution < -0.4 is 9.80 Å². The van der Waals surface area contributed by atoms with Crippen LogP contribution in [-0.2, 0) is 13.1 Å². The number of benzene rings is 1. The van der Waals surface area contributed by atoms with E-state index in [1.807, 2.05) is 0 Å². The number of aromatic nitrogens is 2. The molecule has 0 spiro atoms. The third kappa shape index (κ3) is 2.01. The SMILES string of the molecule is c1ccc2c(c1)CN(c1cc(N3CCCC3)ncn1)C2. The van der Waals surface area contributed by atoms with Gasteiger partial charge in [-0.05, 0) is 24.0 Å². The fourth-order valence-corrected chi connectivity index (χ4v) is 3.12. The summed E-state index contributed by atoms with van der Waals surface area (Å²) in [5, 5.41) is 0. The lowest BCUT2D eigenvalue weighted by Gasteiger charge is -2.20. The van der Waals surface area contributed by atoms with E-state index >= 15 is 0 Å². The van der Waals surface area contributed by atoms with Gasteiger partial charge < -0.3 is 9.80 Å². The summed E-state index contributed by atoms with van der Waals surface area (Å²) in [5.74, 6) is 2.11. The van der Waals surface area contributed by atoms with E-state index in [4.69, 9.17) is 0 Å². The van der Waals surface area contributed by atoms with Crippen LogP contribution in [0.1, 0.15) is 24.0 Å². The highest BCUT2D eigenvalue weighted by molar-refractivity contribution is 5.53. The van der Waals surface area contributed by atoms with Crippen molar-refractivity contribution in [1.82, 2.24) is 9.97 Å². The van der Waals surface area contributed by atoms with Crippen LogP contribution in [0.3, 0.4) is 0 Å². The van der Waals surface area contributed by atoms with E-state index in [1.165, 1.54) is 24.0 Å². The molecule has 4 rings (SSSR count). The zero-order valence-corrected chi connectivity index (χ0v) is 11.5. The molecule has 0 amide bonds. The van der Waals surface area contributed by atoms with E-state index in [1.54, 1.807) is 6.33 Å². The van der Waals surface area contributed by atoms with E-state index in [9.17, 15) is 0 Å². The van der Waals surface area contributed by atoms with Crippen LogP contribution in [0.25, 0.3) is 0 Å². The van der Waals surface area contributed by atoms with Gasteiger partial charge in [-0.1, -0.05) is 24.3 Å². The van der Waals surface area contributed by atoms with Crippen LogP contribution in [-0.4, -0.2) is 23.1 Å². The lowest BCUT2D eigenvalue weighted by Crippen LogP contribution is -2.21. The van der Waals surface area contributed by atoms with Gasteiger partial charge in [-0.25, -0.2) is 9.97 Å². The van der Waals surface area contributed by atoms with Crippen molar-refractivity contribution in [2.24, 2.45) is 0 Å². The molecule has 4 nitrogen and oxygen atoms in total. The van der Waals surface area contributed by atoms with Crippen molar-refractivity contribution in [1.29, 1.82) is 0 Å². The zero-order valence-electron chi connectivity index (χ0n) is 11.5. The Balaban J connectivity index is 1.59. The normalized spacial score (nSPS) is 17.6. The van der Waals surface area contributed by atoms with Crippen molar-refractivity contribution >= 4 is 11.6 Å². The molecule has 3 heterocycles. The van der Waals surface area contributed by atoms with E-state index in [-0.39, 0.29) is 0 Å². The van der Waals surface area contributed by atoms with Crippen molar-refractivity contribution in [2.75, 3.05) is 22.9 Å². The molecule has 102 valence electrons. The summed E-state index contributed by atoms with van der Waals surface area (Å²) < 4.78 is 0. The molecule has 1 fully saturated rings. The molecule has 1 saturated heterocycles. The Hall–Kier alpha value is -2.10. The maximum atomic E-state index is 4.46. The Kier molecular flexibility index (Phi) is 2.80. The molecule has 2 aromatic rings. The highest BCUT2D eigenvalue weighted by Crippen LogP contribution is 2.28. The minimum atomic E-state index is 0.951. The van der Waals surface area contributed by atoms with Gasteiger partial charge in [-0.3, -0.25) is 0 Å². The quantitative estimate of drug-likeness (QED) is 0.836. The second-order valence-electron chi connectivity index (χ2n) is 5.55. The van der Waals surface area contributed by atoms with Crippen LogP contribution in [0.5, 0.6) is 0 Å². The maximum absolute atomic E-state index is 4.46. The molecule has 0 radical (unpaired) electrons. The molecule has 1 aromatic carbocycles. The fraction of sp³-hybridized carbons (Fsp3) is 0.375. The van der Waals surface area contributed by atoms with Crippen LogP contribution in [0.4, 0.5) is 11.6 Å². The van der Waals surface area contributed by atoms with E-state index in [0.29, 0.717) is 0 Å². The second kappa shape index (κ2) is 4.78. The van der Waals surface area contributed by atoms with Gasteiger partial charge >= 0.3 is 0 Å². The first-order chi connectivity index (χ1) is 9.90. The van der Waals surface area contributed by atoms with Gasteiger partial charge in [-0.2, -0.15) is 0 Å². The fourth-order valence-electron chi connectivity index (χ4n) is 3.12. The molecule has 4 heteroatoms. The lowest BCUT2D eigenvalue weighted by atomic mass is 10.1. The van der Waals surface area contributed by atoms with Crippen LogP contribution in [0, 0.1) is 0 Å². The topological polar surface area (TPSA) is 32.3 Å². The van der Waals surface area contributed by atoms with Crippen molar-refractivity contribution in [3.05, 3.63) is 47.8 Å². The number of anilines is 2. The third-order valence-electron chi connectivity index (χ3n) is 4.23. The van der Waals surface area contributed by atoms with Gasteiger partial charge in [0, 0.05) is 32.2 Å². The average molecular weight is 266 g/mol. The summed E-state index contributed by atoms with van der Waals surface area (Å²) in [6, 6.07) is 10.8. The minimum Gasteiger partial charge on any atom is -0.356 e. The maximum Gasteiger partial charge on any atom is 0.134 e. The van der Waals surface area contributed by atoms with Crippen LogP contribution in [0.15, 0.2) is 36.7 Å². The molecule has 0 unspecified atom stereocenters. The van der Waals surface area contributed by atoms with Crippen LogP contribution >= 0.6 is 0 Å². The zero-order chi connectivity index (χ0) is 13.4. The summed E-state index contributed by atoms with van der Waals surface area (Å²) >= 11 is 0. The Morgan fingerprint density at radius 1 is 0.800 bits per heavy atom. The molecule has 0 bridgehead atoms. The van der Waals surface area contributed by atoms with Crippen molar-refractivity contribution in [3.8, 4) is 0 Å². The smallest absolute Gasteiger partial charge is 0.134 e. The van der Waals surface area contributed by atoms with Crippen molar-refractivity contribution in [2.45, 2.75) is 25.9 Å². The second-order valence-corrected chi connectivity index (χ2v) is 5.55. The number of rotatable bonds is 2. The highest BCUT2D eigenvalue weighted by Gasteiger charge is 2.21. The first kappa shape index (κ1) is 11.7. The van der Waals surface area contributed by atoms with E-state index in [0.717, 1.165) is 37.8 Å². The predicted molar refractivity (Wildman–Crippen MR) is 79.8 cm³/mol. The molecule has 2 aliphatic heterocycles. The minimum absolute atomic E-state index is 0.951. The molecule has 1 aromatic heterocycles. The molecule has 0 aliphatic carbocycles. The Bertz CT molecular complexity index is 594. The Morgan fingerprint density at radius 2 is 1.40 bits per heavy atom. The molecular weight excluding hydrogens is 248 g/mol. The molecule has 20 heavy (non-hydrogen) atoms. The summed E-state index contributed by atoms with van der Waals surface area (Å²) in [4.78, 5) is 13.6. The molecule has 2 aliphatic rings. The number of hydrogen-bond acceptors (Lipinski definition) is 4. The van der Waals surface area contributed by atoms with Gasteiger partial charge in [0.15, 0.2) is 0 Å². The monoisotopic (exact) mass is 266 g/mol. The van der Waals surface area contributed by atoms with Gasteiger partial charge in [0.25, 0.3) is 0 Å². The molecule has 0 saturated carbocycles. The first-order valence-corrected chi connectivity index (χ1v) is 7.29. The highest BCUT2D eigenvalue weighted by atomic mass is 15.2.